The first kappa shape index (κ1) is 14.5. The van der Waals surface area contributed by atoms with Gasteiger partial charge in [-0.25, -0.2) is 4.79 Å². The number of esters is 1. The number of nitrogens with one attached hydrogen (secondary N) is 1. The van der Waals surface area contributed by atoms with Crippen LogP contribution in [-0.4, -0.2) is 24.3 Å². The molecule has 1 heterocycles. The molecule has 0 radical (unpaired) electrons. The zero-order valence-corrected chi connectivity index (χ0v) is 11.3. The number of amides is 1. The Hall–Kier alpha value is -2.89. The van der Waals surface area contributed by atoms with Gasteiger partial charge in [-0.1, -0.05) is 12.1 Å². The molecule has 0 aliphatic heterocycles. The summed E-state index contributed by atoms with van der Waals surface area (Å²) >= 11 is 0. The van der Waals surface area contributed by atoms with Gasteiger partial charge in [-0.15, -0.1) is 0 Å². The van der Waals surface area contributed by atoms with E-state index in [4.69, 9.17) is 9.15 Å². The average Bonchev–Trinajstić information content (AvgIpc) is 2.99. The topological polar surface area (TPSA) is 85.6 Å². The highest BCUT2D eigenvalue weighted by Gasteiger charge is 2.16. The summed E-state index contributed by atoms with van der Waals surface area (Å²) in [6.45, 7) is 1.01. The number of carbonyl (C=O) groups excluding carboxylic acids is 3. The molecule has 0 aliphatic rings. The number of furan rings is 1. The molecule has 108 valence electrons. The van der Waals surface area contributed by atoms with Gasteiger partial charge in [-0.3, -0.25) is 9.59 Å². The summed E-state index contributed by atoms with van der Waals surface area (Å²) in [5.41, 5.74) is 0.450. The molecule has 1 amide bonds. The Balaban J connectivity index is 2.15. The zero-order valence-electron chi connectivity index (χ0n) is 11.3. The van der Waals surface area contributed by atoms with Gasteiger partial charge in [0.2, 0.25) is 0 Å². The van der Waals surface area contributed by atoms with Crippen LogP contribution >= 0.6 is 0 Å². The molecule has 0 unspecified atom stereocenters. The predicted molar refractivity (Wildman–Crippen MR) is 74.1 cm³/mol. The lowest BCUT2D eigenvalue weighted by atomic mass is 10.1. The van der Waals surface area contributed by atoms with Gasteiger partial charge in [-0.2, -0.15) is 0 Å². The lowest BCUT2D eigenvalue weighted by Gasteiger charge is -2.09. The standard InChI is InChI=1S/C15H13NO5/c1-10(17)9-21-15(19)11-5-2-3-6-12(11)16-14(18)13-7-4-8-20-13/h2-8H,9H2,1H3,(H,16,18). The smallest absolute Gasteiger partial charge is 0.340 e. The Morgan fingerprint density at radius 1 is 1.14 bits per heavy atom. The third-order valence-corrected chi connectivity index (χ3v) is 2.55. The maximum atomic E-state index is 11.9. The number of ether oxygens (including phenoxy) is 1. The summed E-state index contributed by atoms with van der Waals surface area (Å²) in [4.78, 5) is 34.6. The van der Waals surface area contributed by atoms with Crippen LogP contribution in [0.3, 0.4) is 0 Å². The molecule has 0 saturated carbocycles. The van der Waals surface area contributed by atoms with E-state index in [1.807, 2.05) is 0 Å². The van der Waals surface area contributed by atoms with Gasteiger partial charge in [0.25, 0.3) is 5.91 Å². The second-order valence-electron chi connectivity index (χ2n) is 4.26. The lowest BCUT2D eigenvalue weighted by Crippen LogP contribution is -2.16. The Labute approximate surface area is 120 Å². The van der Waals surface area contributed by atoms with Crippen molar-refractivity contribution >= 4 is 23.3 Å². The molecule has 0 atom stereocenters. The molecule has 6 heteroatoms. The first-order valence-electron chi connectivity index (χ1n) is 6.18. The molecule has 0 spiro atoms. The Morgan fingerprint density at radius 3 is 2.57 bits per heavy atom. The van der Waals surface area contributed by atoms with Crippen LogP contribution in [0.25, 0.3) is 0 Å². The minimum atomic E-state index is -0.680. The molecule has 1 aromatic heterocycles. The number of rotatable bonds is 5. The fourth-order valence-electron chi connectivity index (χ4n) is 1.61. The molecular formula is C15H13NO5. The van der Waals surface area contributed by atoms with E-state index in [-0.39, 0.29) is 29.4 Å². The molecule has 0 saturated heterocycles. The number of hydrogen-bond donors (Lipinski definition) is 1. The number of hydrogen-bond acceptors (Lipinski definition) is 5. The van der Waals surface area contributed by atoms with E-state index in [1.165, 1.54) is 25.3 Å². The van der Waals surface area contributed by atoms with Gasteiger partial charge in [0.05, 0.1) is 17.5 Å². The summed E-state index contributed by atoms with van der Waals surface area (Å²) in [5, 5.41) is 2.56. The number of ketones is 1. The van der Waals surface area contributed by atoms with Gasteiger partial charge >= 0.3 is 5.97 Å². The third-order valence-electron chi connectivity index (χ3n) is 2.55. The fraction of sp³-hybridized carbons (Fsp3) is 0.133. The van der Waals surface area contributed by atoms with Crippen LogP contribution in [0, 0.1) is 0 Å². The van der Waals surface area contributed by atoms with Crippen LogP contribution in [0.1, 0.15) is 27.8 Å². The van der Waals surface area contributed by atoms with Gasteiger partial charge < -0.3 is 14.5 Å². The molecule has 1 N–H and O–H groups in total. The fourth-order valence-corrected chi connectivity index (χ4v) is 1.61. The molecule has 6 nitrogen and oxygen atoms in total. The van der Waals surface area contributed by atoms with Crippen LogP contribution in [0.4, 0.5) is 5.69 Å². The summed E-state index contributed by atoms with van der Waals surface area (Å²) < 4.78 is 9.81. The highest BCUT2D eigenvalue weighted by molar-refractivity contribution is 6.06. The Morgan fingerprint density at radius 2 is 1.90 bits per heavy atom. The number of carbonyl (C=O) groups is 3. The van der Waals surface area contributed by atoms with Crippen molar-refractivity contribution in [2.24, 2.45) is 0 Å². The SMILES string of the molecule is CC(=O)COC(=O)c1ccccc1NC(=O)c1ccco1. The third kappa shape index (κ3) is 3.79. The van der Waals surface area contributed by atoms with Crippen LogP contribution in [0.2, 0.25) is 0 Å². The van der Waals surface area contributed by atoms with Crippen molar-refractivity contribution in [2.45, 2.75) is 6.92 Å². The van der Waals surface area contributed by atoms with E-state index in [1.54, 1.807) is 24.3 Å². The van der Waals surface area contributed by atoms with Crippen LogP contribution in [0.5, 0.6) is 0 Å². The van der Waals surface area contributed by atoms with Crippen LogP contribution in [-0.2, 0) is 9.53 Å². The van der Waals surface area contributed by atoms with Gasteiger partial charge in [0, 0.05) is 0 Å². The predicted octanol–water partition coefficient (Wildman–Crippen LogP) is 2.28. The Bertz CT molecular complexity index is 660. The zero-order chi connectivity index (χ0) is 15.2. The highest BCUT2D eigenvalue weighted by Crippen LogP contribution is 2.17. The lowest BCUT2D eigenvalue weighted by molar-refractivity contribution is -0.120. The highest BCUT2D eigenvalue weighted by atomic mass is 16.5. The van der Waals surface area contributed by atoms with Crippen molar-refractivity contribution in [1.29, 1.82) is 0 Å². The van der Waals surface area contributed by atoms with E-state index in [9.17, 15) is 14.4 Å². The van der Waals surface area contributed by atoms with Gasteiger partial charge in [0.1, 0.15) is 6.61 Å². The van der Waals surface area contributed by atoms with Crippen molar-refractivity contribution in [3.8, 4) is 0 Å². The maximum Gasteiger partial charge on any atom is 0.340 e. The van der Waals surface area contributed by atoms with Crippen molar-refractivity contribution in [3.63, 3.8) is 0 Å². The minimum absolute atomic E-state index is 0.127. The van der Waals surface area contributed by atoms with Crippen molar-refractivity contribution in [2.75, 3.05) is 11.9 Å². The van der Waals surface area contributed by atoms with Gasteiger partial charge in [0.15, 0.2) is 11.5 Å². The van der Waals surface area contributed by atoms with E-state index >= 15 is 0 Å². The number of benzene rings is 1. The molecule has 0 fully saturated rings. The van der Waals surface area contributed by atoms with Crippen molar-refractivity contribution in [1.82, 2.24) is 0 Å². The molecule has 2 rings (SSSR count). The molecular weight excluding hydrogens is 274 g/mol. The van der Waals surface area contributed by atoms with Crippen molar-refractivity contribution in [3.05, 3.63) is 54.0 Å². The normalized spacial score (nSPS) is 9.95. The average molecular weight is 287 g/mol. The molecule has 0 bridgehead atoms. The molecule has 2 aromatic rings. The van der Waals surface area contributed by atoms with E-state index in [0.717, 1.165) is 0 Å². The summed E-state index contributed by atoms with van der Waals surface area (Å²) in [6, 6.07) is 9.45. The number of anilines is 1. The monoisotopic (exact) mass is 287 g/mol. The Kier molecular flexibility index (Phi) is 4.50. The second kappa shape index (κ2) is 6.51. The molecule has 1 aromatic carbocycles. The summed E-state index contributed by atoms with van der Waals surface area (Å²) in [6.07, 6.45) is 1.38. The van der Waals surface area contributed by atoms with E-state index in [2.05, 4.69) is 5.32 Å². The van der Waals surface area contributed by atoms with Gasteiger partial charge in [-0.05, 0) is 31.2 Å². The minimum Gasteiger partial charge on any atom is -0.459 e. The first-order valence-corrected chi connectivity index (χ1v) is 6.18. The molecule has 21 heavy (non-hydrogen) atoms. The van der Waals surface area contributed by atoms with E-state index < -0.39 is 11.9 Å². The maximum absolute atomic E-state index is 11.9. The summed E-state index contributed by atoms with van der Waals surface area (Å²) in [5.74, 6) is -1.30. The van der Waals surface area contributed by atoms with Crippen LogP contribution in [0.15, 0.2) is 47.1 Å². The number of Topliss-reactive ketones (excluding diaryl/α,β-unsaturated/α-hetero) is 1. The largest absolute Gasteiger partial charge is 0.459 e. The van der Waals surface area contributed by atoms with E-state index in [0.29, 0.717) is 0 Å². The quantitative estimate of drug-likeness (QED) is 0.853. The van der Waals surface area contributed by atoms with Crippen molar-refractivity contribution < 1.29 is 23.5 Å². The second-order valence-corrected chi connectivity index (χ2v) is 4.26. The van der Waals surface area contributed by atoms with Crippen LogP contribution < -0.4 is 5.32 Å². The molecule has 0 aliphatic carbocycles. The first-order chi connectivity index (χ1) is 10.1. The summed E-state index contributed by atoms with van der Waals surface area (Å²) in [7, 11) is 0. The number of para-hydroxylation sites is 1.